The predicted molar refractivity (Wildman–Crippen MR) is 128 cm³/mol. The van der Waals surface area contributed by atoms with Gasteiger partial charge in [-0.15, -0.1) is 0 Å². The maximum Gasteiger partial charge on any atom is 0.331 e. The molecule has 1 atom stereocenters. The third-order valence-electron chi connectivity index (χ3n) is 7.29. The number of sulfonamides is 1. The van der Waals surface area contributed by atoms with Crippen LogP contribution in [0.15, 0.2) is 39.3 Å². The van der Waals surface area contributed by atoms with E-state index >= 15 is 0 Å². The van der Waals surface area contributed by atoms with Crippen molar-refractivity contribution in [2.45, 2.75) is 69.0 Å². The highest BCUT2D eigenvalue weighted by molar-refractivity contribution is 7.89. The fourth-order valence-electron chi connectivity index (χ4n) is 4.81. The average molecular weight is 487 g/mol. The Morgan fingerprint density at radius 3 is 2.56 bits per heavy atom. The first-order chi connectivity index (χ1) is 16.0. The number of benzene rings is 1. The zero-order valence-electron chi connectivity index (χ0n) is 19.5. The van der Waals surface area contributed by atoms with Crippen LogP contribution in [-0.4, -0.2) is 47.0 Å². The Morgan fingerprint density at radius 1 is 1.24 bits per heavy atom. The maximum atomic E-state index is 13.6. The van der Waals surface area contributed by atoms with E-state index in [-0.39, 0.29) is 22.7 Å². The highest BCUT2D eigenvalue weighted by Crippen LogP contribution is 2.37. The molecule has 9 nitrogen and oxygen atoms in total. The van der Waals surface area contributed by atoms with E-state index in [4.69, 9.17) is 0 Å². The summed E-state index contributed by atoms with van der Waals surface area (Å²) >= 11 is 0. The molecule has 3 aliphatic rings. The van der Waals surface area contributed by atoms with Crippen LogP contribution in [0.25, 0.3) is 10.9 Å². The van der Waals surface area contributed by atoms with Gasteiger partial charge in [0.05, 0.1) is 21.8 Å². The molecule has 0 radical (unpaired) electrons. The summed E-state index contributed by atoms with van der Waals surface area (Å²) in [4.78, 5) is 40.9. The van der Waals surface area contributed by atoms with Gasteiger partial charge >= 0.3 is 5.69 Å². The number of fused-ring (bicyclic) bond motifs is 1. The second-order valence-corrected chi connectivity index (χ2v) is 11.9. The highest BCUT2D eigenvalue weighted by Gasteiger charge is 2.42. The number of carbonyl (C=O) groups excluding carboxylic acids is 1. The van der Waals surface area contributed by atoms with Crippen LogP contribution in [0.2, 0.25) is 0 Å². The number of amides is 1. The number of rotatable bonds is 7. The number of nitrogens with one attached hydrogen (secondary N) is 1. The third kappa shape index (κ3) is 4.02. The normalized spacial score (nSPS) is 21.7. The fourth-order valence-corrected chi connectivity index (χ4v) is 6.53. The summed E-state index contributed by atoms with van der Waals surface area (Å²) in [6.45, 7) is 8.22. The number of hydrogen-bond donors (Lipinski definition) is 1. The summed E-state index contributed by atoms with van der Waals surface area (Å²) in [5.41, 5.74) is -0.408. The van der Waals surface area contributed by atoms with Gasteiger partial charge in [0.2, 0.25) is 15.9 Å². The molecule has 182 valence electrons. The molecule has 34 heavy (non-hydrogen) atoms. The molecule has 3 fully saturated rings. The van der Waals surface area contributed by atoms with Crippen LogP contribution in [0.1, 0.15) is 50.6 Å². The minimum atomic E-state index is -3.83. The summed E-state index contributed by atoms with van der Waals surface area (Å²) in [5, 5.41) is 0.209. The standard InChI is InChI=1S/C24H30N4O5S/c1-4-21(29)26-10-7-17(14-26)28-22(30)18-12-20(34(32,33)25-24(3)8-9-24)15(2)11-19(18)27(23(28)31)13-16-5-6-16/h4,11-12,16-17,25H,1,5-10,13-14H2,2-3H3/t17-/m1/s1. The lowest BCUT2D eigenvalue weighted by molar-refractivity contribution is -0.125. The zero-order valence-corrected chi connectivity index (χ0v) is 20.4. The van der Waals surface area contributed by atoms with Crippen molar-refractivity contribution in [2.75, 3.05) is 13.1 Å². The molecule has 1 saturated heterocycles. The Bertz CT molecular complexity index is 1430. The van der Waals surface area contributed by atoms with E-state index in [2.05, 4.69) is 11.3 Å². The summed E-state index contributed by atoms with van der Waals surface area (Å²) in [5.74, 6) is 0.132. The molecular weight excluding hydrogens is 456 g/mol. The van der Waals surface area contributed by atoms with Gasteiger partial charge in [-0.05, 0) is 75.6 Å². The average Bonchev–Trinajstić information content (AvgIpc) is 3.69. The lowest BCUT2D eigenvalue weighted by Crippen LogP contribution is -2.43. The summed E-state index contributed by atoms with van der Waals surface area (Å²) in [7, 11) is -3.83. The number of aromatic nitrogens is 2. The first-order valence-electron chi connectivity index (χ1n) is 11.8. The number of carbonyl (C=O) groups is 1. The molecule has 5 rings (SSSR count). The van der Waals surface area contributed by atoms with Crippen molar-refractivity contribution >= 4 is 26.8 Å². The van der Waals surface area contributed by atoms with E-state index in [0.29, 0.717) is 36.5 Å². The van der Waals surface area contributed by atoms with Crippen molar-refractivity contribution in [3.63, 3.8) is 0 Å². The molecule has 1 N–H and O–H groups in total. The van der Waals surface area contributed by atoms with E-state index in [1.54, 1.807) is 22.5 Å². The minimum absolute atomic E-state index is 0.0586. The van der Waals surface area contributed by atoms with Crippen LogP contribution >= 0.6 is 0 Å². The Balaban J connectivity index is 1.68. The molecule has 2 aromatic rings. The molecular formula is C24H30N4O5S. The van der Waals surface area contributed by atoms with E-state index in [1.807, 2.05) is 6.92 Å². The molecule has 2 heterocycles. The maximum absolute atomic E-state index is 13.6. The molecule has 0 spiro atoms. The fraction of sp³-hybridized carbons (Fsp3) is 0.542. The molecule has 0 bridgehead atoms. The molecule has 1 aliphatic heterocycles. The van der Waals surface area contributed by atoms with Crippen LogP contribution in [0, 0.1) is 12.8 Å². The third-order valence-corrected chi connectivity index (χ3v) is 9.07. The number of likely N-dealkylation sites (tertiary alicyclic amines) is 1. The van der Waals surface area contributed by atoms with Crippen molar-refractivity contribution < 1.29 is 13.2 Å². The number of nitrogens with zero attached hydrogens (tertiary/aromatic N) is 3. The highest BCUT2D eigenvalue weighted by atomic mass is 32.2. The summed E-state index contributed by atoms with van der Waals surface area (Å²) in [6, 6.07) is 2.60. The molecule has 1 amide bonds. The van der Waals surface area contributed by atoms with Gasteiger partial charge in [0.25, 0.3) is 5.56 Å². The van der Waals surface area contributed by atoms with Crippen molar-refractivity contribution in [1.82, 2.24) is 18.8 Å². The van der Waals surface area contributed by atoms with Gasteiger partial charge in [-0.3, -0.25) is 18.7 Å². The van der Waals surface area contributed by atoms with E-state index in [1.165, 1.54) is 16.7 Å². The Morgan fingerprint density at radius 2 is 1.94 bits per heavy atom. The van der Waals surface area contributed by atoms with E-state index in [0.717, 1.165) is 25.7 Å². The quantitative estimate of drug-likeness (QED) is 0.599. The molecule has 1 aromatic carbocycles. The van der Waals surface area contributed by atoms with Gasteiger partial charge < -0.3 is 4.90 Å². The van der Waals surface area contributed by atoms with Crippen molar-refractivity contribution in [3.8, 4) is 0 Å². The lowest BCUT2D eigenvalue weighted by Gasteiger charge is -2.20. The van der Waals surface area contributed by atoms with Gasteiger partial charge in [0.1, 0.15) is 0 Å². The van der Waals surface area contributed by atoms with Crippen LogP contribution in [-0.2, 0) is 21.4 Å². The smallest absolute Gasteiger partial charge is 0.331 e. The molecule has 2 aliphatic carbocycles. The van der Waals surface area contributed by atoms with Gasteiger partial charge in [-0.25, -0.2) is 17.9 Å². The second-order valence-electron chi connectivity index (χ2n) is 10.2. The van der Waals surface area contributed by atoms with E-state index in [9.17, 15) is 22.8 Å². The minimum Gasteiger partial charge on any atom is -0.337 e. The Labute approximate surface area is 198 Å². The predicted octanol–water partition coefficient (Wildman–Crippen LogP) is 1.67. The first kappa shape index (κ1) is 23.0. The van der Waals surface area contributed by atoms with Crippen LogP contribution < -0.4 is 16.0 Å². The lowest BCUT2D eigenvalue weighted by atomic mass is 10.1. The molecule has 0 unspecified atom stereocenters. The van der Waals surface area contributed by atoms with Gasteiger partial charge in [0.15, 0.2) is 0 Å². The van der Waals surface area contributed by atoms with Crippen LogP contribution in [0.4, 0.5) is 0 Å². The van der Waals surface area contributed by atoms with E-state index < -0.39 is 32.9 Å². The van der Waals surface area contributed by atoms with Crippen molar-refractivity contribution in [3.05, 3.63) is 51.2 Å². The summed E-state index contributed by atoms with van der Waals surface area (Å²) < 4.78 is 31.9. The van der Waals surface area contributed by atoms with Crippen molar-refractivity contribution in [1.29, 1.82) is 0 Å². The SMILES string of the molecule is C=CC(=O)N1CC[C@@H](n2c(=O)c3cc(S(=O)(=O)NC4(C)CC4)c(C)cc3n(CC3CC3)c2=O)C1. The number of hydrogen-bond acceptors (Lipinski definition) is 5. The zero-order chi connectivity index (χ0) is 24.4. The molecule has 2 saturated carbocycles. The molecule has 10 heteroatoms. The van der Waals surface area contributed by atoms with Crippen LogP contribution in [0.3, 0.4) is 0 Å². The summed E-state index contributed by atoms with van der Waals surface area (Å²) in [6.07, 6.45) is 5.28. The Kier molecular flexibility index (Phi) is 5.36. The topological polar surface area (TPSA) is 110 Å². The monoisotopic (exact) mass is 486 g/mol. The van der Waals surface area contributed by atoms with Gasteiger partial charge in [-0.1, -0.05) is 6.58 Å². The first-order valence-corrected chi connectivity index (χ1v) is 13.3. The second kappa shape index (κ2) is 7.91. The largest absolute Gasteiger partial charge is 0.337 e. The van der Waals surface area contributed by atoms with Gasteiger partial charge in [0, 0.05) is 25.2 Å². The number of aryl methyl sites for hydroxylation is 1. The van der Waals surface area contributed by atoms with Gasteiger partial charge in [-0.2, -0.15) is 0 Å². The Hall–Kier alpha value is -2.72. The van der Waals surface area contributed by atoms with Crippen LogP contribution in [0.5, 0.6) is 0 Å². The van der Waals surface area contributed by atoms with Crippen molar-refractivity contribution in [2.24, 2.45) is 5.92 Å². The molecule has 1 aromatic heterocycles.